The van der Waals surface area contributed by atoms with Crippen molar-refractivity contribution < 1.29 is 14.3 Å². The maximum absolute atomic E-state index is 12.1. The first-order valence-corrected chi connectivity index (χ1v) is 8.18. The summed E-state index contributed by atoms with van der Waals surface area (Å²) in [6.07, 6.45) is 1.48. The van der Waals surface area contributed by atoms with Gasteiger partial charge >= 0.3 is 0 Å². The first-order chi connectivity index (χ1) is 11.0. The van der Waals surface area contributed by atoms with Gasteiger partial charge in [-0.1, -0.05) is 41.5 Å². The fraction of sp³-hybridized carbons (Fsp3) is 0.450. The molecule has 0 aliphatic heterocycles. The Labute approximate surface area is 143 Å². The number of furan rings is 1. The van der Waals surface area contributed by atoms with Gasteiger partial charge in [0.1, 0.15) is 5.75 Å². The van der Waals surface area contributed by atoms with Gasteiger partial charge in [-0.15, -0.1) is 0 Å². The van der Waals surface area contributed by atoms with Gasteiger partial charge in [-0.05, 0) is 51.8 Å². The smallest absolute Gasteiger partial charge is 0.287 e. The molecule has 130 valence electrons. The van der Waals surface area contributed by atoms with Gasteiger partial charge < -0.3 is 14.8 Å². The van der Waals surface area contributed by atoms with Crippen molar-refractivity contribution in [3.63, 3.8) is 0 Å². The SMILES string of the molecule is CC(C)(C)c1cc(CNC(=O)c2ccco2)cc(C(C)(C)C)c1O. The lowest BCUT2D eigenvalue weighted by Gasteiger charge is -2.28. The topological polar surface area (TPSA) is 62.5 Å². The lowest BCUT2D eigenvalue weighted by molar-refractivity contribution is 0.0923. The predicted octanol–water partition coefficient (Wildman–Crippen LogP) is 4.51. The van der Waals surface area contributed by atoms with E-state index in [9.17, 15) is 9.90 Å². The molecule has 0 saturated carbocycles. The molecule has 1 aromatic heterocycles. The zero-order valence-corrected chi connectivity index (χ0v) is 15.4. The third kappa shape index (κ3) is 3.99. The van der Waals surface area contributed by atoms with Gasteiger partial charge in [0.25, 0.3) is 5.91 Å². The third-order valence-corrected chi connectivity index (χ3v) is 3.98. The zero-order chi connectivity index (χ0) is 18.1. The summed E-state index contributed by atoms with van der Waals surface area (Å²) < 4.78 is 5.11. The quantitative estimate of drug-likeness (QED) is 0.871. The Bertz CT molecular complexity index is 681. The van der Waals surface area contributed by atoms with E-state index in [0.717, 1.165) is 16.7 Å². The van der Waals surface area contributed by atoms with E-state index in [2.05, 4.69) is 46.9 Å². The number of rotatable bonds is 3. The molecule has 0 bridgehead atoms. The number of hydrogen-bond donors (Lipinski definition) is 2. The van der Waals surface area contributed by atoms with Crippen molar-refractivity contribution in [2.75, 3.05) is 0 Å². The lowest BCUT2D eigenvalue weighted by atomic mass is 9.78. The van der Waals surface area contributed by atoms with Crippen LogP contribution >= 0.6 is 0 Å². The van der Waals surface area contributed by atoms with Crippen LogP contribution in [0.2, 0.25) is 0 Å². The second-order valence-corrected chi connectivity index (χ2v) is 8.20. The summed E-state index contributed by atoms with van der Waals surface area (Å²) in [5.41, 5.74) is 2.35. The van der Waals surface area contributed by atoms with Crippen LogP contribution in [-0.2, 0) is 17.4 Å². The van der Waals surface area contributed by atoms with E-state index in [1.807, 2.05) is 12.1 Å². The molecular weight excluding hydrogens is 302 g/mol. The van der Waals surface area contributed by atoms with E-state index < -0.39 is 0 Å². The predicted molar refractivity (Wildman–Crippen MR) is 95.4 cm³/mol. The molecule has 0 radical (unpaired) electrons. The maximum Gasteiger partial charge on any atom is 0.287 e. The van der Waals surface area contributed by atoms with Crippen molar-refractivity contribution in [3.05, 3.63) is 53.0 Å². The second kappa shape index (κ2) is 6.34. The Morgan fingerprint density at radius 1 is 1.08 bits per heavy atom. The standard InChI is InChI=1S/C20H27NO3/c1-19(2,3)14-10-13(11-15(17(14)22)20(4,5)6)12-21-18(23)16-8-7-9-24-16/h7-11,22H,12H2,1-6H3,(H,21,23). The molecule has 2 rings (SSSR count). The van der Waals surface area contributed by atoms with Crippen molar-refractivity contribution in [1.29, 1.82) is 0 Å². The van der Waals surface area contributed by atoms with Crippen LogP contribution in [0.25, 0.3) is 0 Å². The normalized spacial score (nSPS) is 12.2. The first kappa shape index (κ1) is 18.1. The van der Waals surface area contributed by atoms with Crippen LogP contribution in [0.1, 0.15) is 68.8 Å². The molecular formula is C20H27NO3. The lowest BCUT2D eigenvalue weighted by Crippen LogP contribution is -2.24. The highest BCUT2D eigenvalue weighted by molar-refractivity contribution is 5.91. The highest BCUT2D eigenvalue weighted by Gasteiger charge is 2.26. The first-order valence-electron chi connectivity index (χ1n) is 8.18. The highest BCUT2D eigenvalue weighted by atomic mass is 16.3. The average molecular weight is 329 g/mol. The third-order valence-electron chi connectivity index (χ3n) is 3.98. The van der Waals surface area contributed by atoms with E-state index in [1.165, 1.54) is 6.26 Å². The number of nitrogens with one attached hydrogen (secondary N) is 1. The Morgan fingerprint density at radius 3 is 2.04 bits per heavy atom. The van der Waals surface area contributed by atoms with Crippen LogP contribution in [0, 0.1) is 0 Å². The van der Waals surface area contributed by atoms with E-state index in [4.69, 9.17) is 4.42 Å². The van der Waals surface area contributed by atoms with Gasteiger partial charge in [0.05, 0.1) is 6.26 Å². The second-order valence-electron chi connectivity index (χ2n) is 8.20. The molecule has 0 saturated heterocycles. The molecule has 2 aromatic rings. The molecule has 4 nitrogen and oxygen atoms in total. The molecule has 0 unspecified atom stereocenters. The number of benzene rings is 1. The fourth-order valence-corrected chi connectivity index (χ4v) is 2.62. The van der Waals surface area contributed by atoms with Gasteiger partial charge in [0.15, 0.2) is 5.76 Å². The van der Waals surface area contributed by atoms with Crippen molar-refractivity contribution in [1.82, 2.24) is 5.32 Å². The Kier molecular flexibility index (Phi) is 4.79. The molecule has 2 N–H and O–H groups in total. The number of phenols is 1. The van der Waals surface area contributed by atoms with Crippen LogP contribution in [0.3, 0.4) is 0 Å². The van der Waals surface area contributed by atoms with Gasteiger partial charge in [0.2, 0.25) is 0 Å². The minimum atomic E-state index is -0.248. The minimum absolute atomic E-state index is 0.189. The number of amides is 1. The van der Waals surface area contributed by atoms with Crippen molar-refractivity contribution in [3.8, 4) is 5.75 Å². The fourth-order valence-electron chi connectivity index (χ4n) is 2.62. The summed E-state index contributed by atoms with van der Waals surface area (Å²) in [6, 6.07) is 7.25. The largest absolute Gasteiger partial charge is 0.507 e. The molecule has 1 heterocycles. The van der Waals surface area contributed by atoms with E-state index >= 15 is 0 Å². The van der Waals surface area contributed by atoms with Crippen LogP contribution in [0.4, 0.5) is 0 Å². The van der Waals surface area contributed by atoms with Crippen molar-refractivity contribution in [2.24, 2.45) is 0 Å². The molecule has 1 amide bonds. The highest BCUT2D eigenvalue weighted by Crippen LogP contribution is 2.39. The molecule has 24 heavy (non-hydrogen) atoms. The number of carbonyl (C=O) groups is 1. The van der Waals surface area contributed by atoms with E-state index in [1.54, 1.807) is 12.1 Å². The molecule has 4 heteroatoms. The van der Waals surface area contributed by atoms with Gasteiger partial charge in [-0.2, -0.15) is 0 Å². The summed E-state index contributed by atoms with van der Waals surface area (Å²) in [5, 5.41) is 13.6. The molecule has 0 spiro atoms. The summed E-state index contributed by atoms with van der Waals surface area (Å²) in [7, 11) is 0. The van der Waals surface area contributed by atoms with E-state index in [0.29, 0.717) is 18.1 Å². The van der Waals surface area contributed by atoms with Gasteiger partial charge in [0, 0.05) is 6.54 Å². The van der Waals surface area contributed by atoms with Crippen molar-refractivity contribution in [2.45, 2.75) is 58.9 Å². The maximum atomic E-state index is 12.1. The van der Waals surface area contributed by atoms with Crippen LogP contribution < -0.4 is 5.32 Å². The summed E-state index contributed by atoms with van der Waals surface area (Å²) in [5.74, 6) is 0.389. The van der Waals surface area contributed by atoms with Gasteiger partial charge in [-0.25, -0.2) is 0 Å². The number of aromatic hydroxyl groups is 1. The monoisotopic (exact) mass is 329 g/mol. The van der Waals surface area contributed by atoms with Crippen LogP contribution in [0.15, 0.2) is 34.9 Å². The van der Waals surface area contributed by atoms with Crippen LogP contribution in [-0.4, -0.2) is 11.0 Å². The number of carbonyl (C=O) groups excluding carboxylic acids is 1. The molecule has 0 aliphatic carbocycles. The van der Waals surface area contributed by atoms with E-state index in [-0.39, 0.29) is 16.7 Å². The Balaban J connectivity index is 2.34. The summed E-state index contributed by atoms with van der Waals surface area (Å²) in [6.45, 7) is 12.8. The zero-order valence-electron chi connectivity index (χ0n) is 15.4. The molecule has 0 fully saturated rings. The molecule has 1 aromatic carbocycles. The number of hydrogen-bond acceptors (Lipinski definition) is 3. The summed E-state index contributed by atoms with van der Waals surface area (Å²) in [4.78, 5) is 12.1. The minimum Gasteiger partial charge on any atom is -0.507 e. The Hall–Kier alpha value is -2.23. The average Bonchev–Trinajstić information content (AvgIpc) is 2.97. The molecule has 0 aliphatic rings. The number of phenolic OH excluding ortho intramolecular Hbond substituents is 1. The van der Waals surface area contributed by atoms with Crippen LogP contribution in [0.5, 0.6) is 5.75 Å². The summed E-state index contributed by atoms with van der Waals surface area (Å²) >= 11 is 0. The Morgan fingerprint density at radius 2 is 1.62 bits per heavy atom. The van der Waals surface area contributed by atoms with Gasteiger partial charge in [-0.3, -0.25) is 4.79 Å². The van der Waals surface area contributed by atoms with Crippen molar-refractivity contribution >= 4 is 5.91 Å². The molecule has 0 atom stereocenters.